The van der Waals surface area contributed by atoms with Gasteiger partial charge in [-0.2, -0.15) is 5.10 Å². The number of nitrogens with one attached hydrogen (secondary N) is 1. The van der Waals surface area contributed by atoms with Crippen LogP contribution in [0, 0.1) is 5.41 Å². The summed E-state index contributed by atoms with van der Waals surface area (Å²) in [5, 5.41) is 7.22. The van der Waals surface area contributed by atoms with E-state index in [1.807, 2.05) is 44.4 Å². The molecule has 2 saturated heterocycles. The number of amides is 2. The highest BCUT2D eigenvalue weighted by molar-refractivity contribution is 5.95. The van der Waals surface area contributed by atoms with Crippen LogP contribution in [0.4, 0.5) is 0 Å². The van der Waals surface area contributed by atoms with E-state index in [1.165, 1.54) is 0 Å². The van der Waals surface area contributed by atoms with Crippen LogP contribution in [0.2, 0.25) is 0 Å². The van der Waals surface area contributed by atoms with E-state index in [4.69, 9.17) is 4.74 Å². The molecule has 2 amide bonds. The number of nitrogens with zero attached hydrogens (tertiary/aromatic N) is 3. The van der Waals surface area contributed by atoms with E-state index in [0.29, 0.717) is 18.7 Å². The van der Waals surface area contributed by atoms with Crippen molar-refractivity contribution in [3.63, 3.8) is 0 Å². The predicted octanol–water partition coefficient (Wildman–Crippen LogP) is 2.41. The van der Waals surface area contributed by atoms with Crippen LogP contribution in [-0.4, -0.2) is 70.2 Å². The third-order valence-electron chi connectivity index (χ3n) is 5.44. The number of morpholine rings is 1. The molecule has 2 aliphatic rings. The Morgan fingerprint density at radius 1 is 1.11 bits per heavy atom. The van der Waals surface area contributed by atoms with Crippen molar-refractivity contribution in [3.05, 3.63) is 17.5 Å². The number of rotatable bonds is 2. The normalized spacial score (nSPS) is 24.9. The van der Waals surface area contributed by atoms with E-state index in [1.54, 1.807) is 6.20 Å². The average molecular weight is 377 g/mol. The summed E-state index contributed by atoms with van der Waals surface area (Å²) in [5.41, 5.74) is 1.22. The molecular weight excluding hydrogens is 344 g/mol. The van der Waals surface area contributed by atoms with Crippen molar-refractivity contribution in [1.82, 2.24) is 20.0 Å². The molecule has 0 radical (unpaired) electrons. The zero-order chi connectivity index (χ0) is 19.8. The van der Waals surface area contributed by atoms with Crippen LogP contribution in [-0.2, 0) is 9.53 Å². The van der Waals surface area contributed by atoms with E-state index in [0.717, 1.165) is 31.6 Å². The molecule has 150 valence electrons. The molecule has 0 spiro atoms. The molecule has 3 heterocycles. The second kappa shape index (κ2) is 7.62. The lowest BCUT2D eigenvalue weighted by Crippen LogP contribution is -2.48. The quantitative estimate of drug-likeness (QED) is 0.860. The highest BCUT2D eigenvalue weighted by Gasteiger charge is 2.34. The van der Waals surface area contributed by atoms with Gasteiger partial charge in [0.25, 0.3) is 5.91 Å². The Labute approximate surface area is 161 Å². The van der Waals surface area contributed by atoms with Gasteiger partial charge in [0.15, 0.2) is 0 Å². The fourth-order valence-electron chi connectivity index (χ4n) is 4.14. The summed E-state index contributed by atoms with van der Waals surface area (Å²) in [5.74, 6) is 0.443. The van der Waals surface area contributed by atoms with E-state index in [9.17, 15) is 9.59 Å². The summed E-state index contributed by atoms with van der Waals surface area (Å²) in [6.07, 6.45) is 3.43. The SMILES string of the molecule is C[C@H]1CN(C(=O)c2cn[nH]c2C2CCN(C(=O)C(C)(C)C)CC2)C[C@H](C)O1. The van der Waals surface area contributed by atoms with E-state index in [-0.39, 0.29) is 35.4 Å². The number of hydrogen-bond donors (Lipinski definition) is 1. The molecule has 27 heavy (non-hydrogen) atoms. The molecule has 0 aliphatic carbocycles. The number of carbonyl (C=O) groups is 2. The lowest BCUT2D eigenvalue weighted by atomic mass is 9.88. The lowest BCUT2D eigenvalue weighted by Gasteiger charge is -2.37. The van der Waals surface area contributed by atoms with Gasteiger partial charge in [-0.25, -0.2) is 0 Å². The molecular formula is C20H32N4O3. The first-order valence-electron chi connectivity index (χ1n) is 9.94. The minimum absolute atomic E-state index is 0.0222. The largest absolute Gasteiger partial charge is 0.372 e. The van der Waals surface area contributed by atoms with Crippen LogP contribution in [0.5, 0.6) is 0 Å². The van der Waals surface area contributed by atoms with Crippen molar-refractivity contribution in [2.75, 3.05) is 26.2 Å². The number of aromatic amines is 1. The van der Waals surface area contributed by atoms with E-state index >= 15 is 0 Å². The van der Waals surface area contributed by atoms with Gasteiger partial charge >= 0.3 is 0 Å². The summed E-state index contributed by atoms with van der Waals surface area (Å²) < 4.78 is 5.74. The Bertz CT molecular complexity index is 676. The molecule has 2 aliphatic heterocycles. The van der Waals surface area contributed by atoms with Crippen molar-refractivity contribution >= 4 is 11.8 Å². The number of ether oxygens (including phenoxy) is 1. The summed E-state index contributed by atoms with van der Waals surface area (Å²) in [7, 11) is 0. The summed E-state index contributed by atoms with van der Waals surface area (Å²) in [6.45, 7) is 12.5. The van der Waals surface area contributed by atoms with E-state index < -0.39 is 0 Å². The summed E-state index contributed by atoms with van der Waals surface area (Å²) in [4.78, 5) is 29.4. The number of H-pyrrole nitrogens is 1. The molecule has 7 nitrogen and oxygen atoms in total. The third-order valence-corrected chi connectivity index (χ3v) is 5.44. The molecule has 1 aromatic heterocycles. The summed E-state index contributed by atoms with van der Waals surface area (Å²) >= 11 is 0. The second-order valence-electron chi connectivity index (χ2n) is 8.98. The van der Waals surface area contributed by atoms with Gasteiger partial charge in [0.2, 0.25) is 5.91 Å². The Hall–Kier alpha value is -1.89. The fourth-order valence-corrected chi connectivity index (χ4v) is 4.14. The minimum Gasteiger partial charge on any atom is -0.372 e. The zero-order valence-corrected chi connectivity index (χ0v) is 17.1. The van der Waals surface area contributed by atoms with Gasteiger partial charge in [-0.1, -0.05) is 20.8 Å². The predicted molar refractivity (Wildman–Crippen MR) is 103 cm³/mol. The van der Waals surface area contributed by atoms with Crippen LogP contribution < -0.4 is 0 Å². The smallest absolute Gasteiger partial charge is 0.257 e. The molecule has 2 fully saturated rings. The highest BCUT2D eigenvalue weighted by atomic mass is 16.5. The fraction of sp³-hybridized carbons (Fsp3) is 0.750. The number of carbonyl (C=O) groups excluding carboxylic acids is 2. The summed E-state index contributed by atoms with van der Waals surface area (Å²) in [6, 6.07) is 0. The molecule has 0 aromatic carbocycles. The van der Waals surface area contributed by atoms with Crippen molar-refractivity contribution in [2.24, 2.45) is 5.41 Å². The standard InChI is InChI=1S/C20H32N4O3/c1-13-11-24(12-14(2)27-13)18(25)16-10-21-22-17(16)15-6-8-23(9-7-15)19(26)20(3,4)5/h10,13-15H,6-9,11-12H2,1-5H3,(H,21,22)/t13-,14-/m0/s1. The van der Waals surface area contributed by atoms with Crippen LogP contribution >= 0.6 is 0 Å². The Morgan fingerprint density at radius 3 is 2.26 bits per heavy atom. The van der Waals surface area contributed by atoms with Crippen LogP contribution in [0.25, 0.3) is 0 Å². The van der Waals surface area contributed by atoms with Gasteiger partial charge in [0, 0.05) is 37.5 Å². The topological polar surface area (TPSA) is 78.5 Å². The minimum atomic E-state index is -0.355. The maximum absolute atomic E-state index is 13.1. The van der Waals surface area contributed by atoms with Crippen LogP contribution in [0.3, 0.4) is 0 Å². The maximum Gasteiger partial charge on any atom is 0.257 e. The van der Waals surface area contributed by atoms with Gasteiger partial charge in [0.1, 0.15) is 0 Å². The number of aromatic nitrogens is 2. The second-order valence-corrected chi connectivity index (χ2v) is 8.98. The van der Waals surface area contributed by atoms with Crippen molar-refractivity contribution in [1.29, 1.82) is 0 Å². The van der Waals surface area contributed by atoms with Crippen LogP contribution in [0.15, 0.2) is 6.20 Å². The number of likely N-dealkylation sites (tertiary alicyclic amines) is 1. The Kier molecular flexibility index (Phi) is 5.60. The first-order chi connectivity index (χ1) is 12.7. The molecule has 0 saturated carbocycles. The van der Waals surface area contributed by atoms with Crippen molar-refractivity contribution in [2.45, 2.75) is 65.6 Å². The van der Waals surface area contributed by atoms with Gasteiger partial charge in [-0.3, -0.25) is 14.7 Å². The van der Waals surface area contributed by atoms with Gasteiger partial charge < -0.3 is 14.5 Å². The monoisotopic (exact) mass is 376 g/mol. The molecule has 1 aromatic rings. The average Bonchev–Trinajstić information content (AvgIpc) is 3.08. The highest BCUT2D eigenvalue weighted by Crippen LogP contribution is 2.31. The van der Waals surface area contributed by atoms with Crippen LogP contribution in [0.1, 0.15) is 69.4 Å². The lowest BCUT2D eigenvalue weighted by molar-refractivity contribution is -0.140. The molecule has 2 atom stereocenters. The molecule has 3 rings (SSSR count). The van der Waals surface area contributed by atoms with Gasteiger partial charge in [0.05, 0.1) is 29.7 Å². The molecule has 0 unspecified atom stereocenters. The van der Waals surface area contributed by atoms with Gasteiger partial charge in [-0.15, -0.1) is 0 Å². The maximum atomic E-state index is 13.1. The van der Waals surface area contributed by atoms with Crippen molar-refractivity contribution < 1.29 is 14.3 Å². The third kappa shape index (κ3) is 4.34. The Morgan fingerprint density at radius 2 is 1.70 bits per heavy atom. The molecule has 7 heteroatoms. The molecule has 1 N–H and O–H groups in total. The van der Waals surface area contributed by atoms with Crippen molar-refractivity contribution in [3.8, 4) is 0 Å². The first kappa shape index (κ1) is 19.9. The number of piperidine rings is 1. The first-order valence-corrected chi connectivity index (χ1v) is 9.94. The van der Waals surface area contributed by atoms with E-state index in [2.05, 4.69) is 10.2 Å². The number of hydrogen-bond acceptors (Lipinski definition) is 4. The van der Waals surface area contributed by atoms with Gasteiger partial charge in [-0.05, 0) is 26.7 Å². The zero-order valence-electron chi connectivity index (χ0n) is 17.1. The molecule has 0 bridgehead atoms. The Balaban J connectivity index is 1.67.